The third-order valence-electron chi connectivity index (χ3n) is 6.38. The number of hydrogen-bond acceptors (Lipinski definition) is 4. The van der Waals surface area contributed by atoms with Crippen molar-refractivity contribution in [2.75, 3.05) is 6.54 Å². The number of rotatable bonds is 4. The van der Waals surface area contributed by atoms with Crippen molar-refractivity contribution in [1.82, 2.24) is 9.88 Å². The number of nitro groups is 1. The van der Waals surface area contributed by atoms with Crippen LogP contribution >= 0.6 is 11.6 Å². The van der Waals surface area contributed by atoms with Crippen LogP contribution in [0.15, 0.2) is 42.5 Å². The molecule has 3 aromatic rings. The molecule has 3 heterocycles. The van der Waals surface area contributed by atoms with Crippen molar-refractivity contribution < 1.29 is 14.5 Å². The number of halogens is 1. The molecule has 0 aliphatic carbocycles. The molecule has 5 rings (SSSR count). The third kappa shape index (κ3) is 2.35. The number of nitrogens with zero attached hydrogens (tertiary/aromatic N) is 2. The van der Waals surface area contributed by atoms with Crippen molar-refractivity contribution in [2.45, 2.75) is 31.9 Å². The van der Waals surface area contributed by atoms with Crippen molar-refractivity contribution in [3.63, 3.8) is 0 Å². The Bertz CT molecular complexity index is 1200. The standard InChI is InChI=1S/C22H20ClN3O4/c1-12(2)22-19-15(14-5-3-4-6-16(14)24-19)9-10-25(22)21(27)20(22)30-18-8-7-13(23)11-17(18)26(28)29/h3-8,11-12,20,24H,9-10H2,1-2H3/t20-,22+/m1/s1. The Morgan fingerprint density at radius 1 is 1.30 bits per heavy atom. The number of fused-ring (bicyclic) bond motifs is 5. The minimum atomic E-state index is -0.857. The molecule has 2 aromatic carbocycles. The van der Waals surface area contributed by atoms with E-state index in [1.165, 1.54) is 23.8 Å². The van der Waals surface area contributed by atoms with Crippen molar-refractivity contribution in [3.05, 3.63) is 68.9 Å². The first kappa shape index (κ1) is 18.9. The lowest BCUT2D eigenvalue weighted by Crippen LogP contribution is -2.77. The van der Waals surface area contributed by atoms with Gasteiger partial charge in [0.1, 0.15) is 5.54 Å². The number of carbonyl (C=O) groups excluding carboxylic acids is 1. The quantitative estimate of drug-likeness (QED) is 0.380. The van der Waals surface area contributed by atoms with Crippen molar-refractivity contribution in [1.29, 1.82) is 0 Å². The van der Waals surface area contributed by atoms with E-state index in [4.69, 9.17) is 16.3 Å². The number of β-lactam (4-membered cyclic amide) rings is 1. The summed E-state index contributed by atoms with van der Waals surface area (Å²) in [5.74, 6) is -0.0819. The maximum absolute atomic E-state index is 13.1. The van der Waals surface area contributed by atoms with Crippen molar-refractivity contribution in [2.24, 2.45) is 5.92 Å². The van der Waals surface area contributed by atoms with Crippen LogP contribution in [-0.2, 0) is 16.8 Å². The van der Waals surface area contributed by atoms with Crippen LogP contribution in [0.25, 0.3) is 10.9 Å². The lowest BCUT2D eigenvalue weighted by Gasteiger charge is -2.60. The van der Waals surface area contributed by atoms with Gasteiger partial charge in [-0.1, -0.05) is 43.6 Å². The number of hydrogen-bond donors (Lipinski definition) is 1. The summed E-state index contributed by atoms with van der Waals surface area (Å²) in [6, 6.07) is 12.3. The molecule has 2 aliphatic rings. The highest BCUT2D eigenvalue weighted by Crippen LogP contribution is 2.53. The van der Waals surface area contributed by atoms with Crippen LogP contribution in [0, 0.1) is 16.0 Å². The third-order valence-corrected chi connectivity index (χ3v) is 6.61. The minimum Gasteiger partial charge on any atom is -0.470 e. The summed E-state index contributed by atoms with van der Waals surface area (Å²) in [5.41, 5.74) is 2.20. The molecule has 1 fully saturated rings. The first-order chi connectivity index (χ1) is 14.4. The van der Waals surface area contributed by atoms with Gasteiger partial charge < -0.3 is 14.6 Å². The number of aromatic amines is 1. The maximum atomic E-state index is 13.1. The van der Waals surface area contributed by atoms with E-state index >= 15 is 0 Å². The van der Waals surface area contributed by atoms with E-state index in [-0.39, 0.29) is 28.3 Å². The second kappa shape index (κ2) is 6.47. The average Bonchev–Trinajstić information content (AvgIpc) is 3.09. The van der Waals surface area contributed by atoms with E-state index in [9.17, 15) is 14.9 Å². The van der Waals surface area contributed by atoms with Gasteiger partial charge in [0, 0.05) is 28.5 Å². The molecule has 8 heteroatoms. The highest BCUT2D eigenvalue weighted by atomic mass is 35.5. The minimum absolute atomic E-state index is 0.0265. The molecule has 0 saturated carbocycles. The fourth-order valence-electron chi connectivity index (χ4n) is 5.08. The Kier molecular flexibility index (Phi) is 4.08. The van der Waals surface area contributed by atoms with Crippen molar-refractivity contribution in [3.8, 4) is 5.75 Å². The Morgan fingerprint density at radius 2 is 2.07 bits per heavy atom. The smallest absolute Gasteiger partial charge is 0.312 e. The fourth-order valence-corrected chi connectivity index (χ4v) is 5.24. The molecule has 0 spiro atoms. The second-order valence-corrected chi connectivity index (χ2v) is 8.55. The number of benzene rings is 2. The predicted octanol–water partition coefficient (Wildman–Crippen LogP) is 4.43. The van der Waals surface area contributed by atoms with E-state index in [1.54, 1.807) is 0 Å². The zero-order chi connectivity index (χ0) is 21.2. The van der Waals surface area contributed by atoms with Gasteiger partial charge in [-0.25, -0.2) is 0 Å². The number of H-pyrrole nitrogens is 1. The fraction of sp³-hybridized carbons (Fsp3) is 0.318. The van der Waals surface area contributed by atoms with E-state index in [1.807, 2.05) is 36.9 Å². The first-order valence-electron chi connectivity index (χ1n) is 9.87. The maximum Gasteiger partial charge on any atom is 0.312 e. The van der Waals surface area contributed by atoms with Gasteiger partial charge in [0.15, 0.2) is 5.75 Å². The van der Waals surface area contributed by atoms with Crippen molar-refractivity contribution >= 4 is 34.1 Å². The molecule has 30 heavy (non-hydrogen) atoms. The number of nitro benzene ring substituents is 1. The van der Waals surface area contributed by atoms with Gasteiger partial charge >= 0.3 is 5.69 Å². The van der Waals surface area contributed by atoms with Gasteiger partial charge in [-0.2, -0.15) is 0 Å². The molecule has 0 radical (unpaired) electrons. The van der Waals surface area contributed by atoms with Gasteiger partial charge in [0.2, 0.25) is 6.10 Å². The van der Waals surface area contributed by atoms with Crippen LogP contribution < -0.4 is 4.74 Å². The SMILES string of the molecule is CC(C)[C@@]12c3[nH]c4ccccc4c3CCN1C(=O)[C@H]2Oc1ccc(Cl)cc1[N+](=O)[O-]. The van der Waals surface area contributed by atoms with Gasteiger partial charge in [-0.15, -0.1) is 0 Å². The Labute approximate surface area is 177 Å². The molecule has 0 unspecified atom stereocenters. The highest BCUT2D eigenvalue weighted by Gasteiger charge is 2.67. The van der Waals surface area contributed by atoms with Crippen LogP contribution in [0.3, 0.4) is 0 Å². The monoisotopic (exact) mass is 425 g/mol. The molecule has 2 aliphatic heterocycles. The van der Waals surface area contributed by atoms with Crippen LogP contribution in [0.5, 0.6) is 5.75 Å². The highest BCUT2D eigenvalue weighted by molar-refractivity contribution is 6.30. The molecule has 1 amide bonds. The zero-order valence-electron chi connectivity index (χ0n) is 16.5. The largest absolute Gasteiger partial charge is 0.470 e. The number of ether oxygens (including phenoxy) is 1. The summed E-state index contributed by atoms with van der Waals surface area (Å²) in [7, 11) is 0. The molecule has 1 saturated heterocycles. The summed E-state index contributed by atoms with van der Waals surface area (Å²) in [4.78, 5) is 29.4. The summed E-state index contributed by atoms with van der Waals surface area (Å²) in [6.07, 6.45) is -0.0996. The molecule has 1 N–H and O–H groups in total. The van der Waals surface area contributed by atoms with E-state index in [0.717, 1.165) is 23.0 Å². The molecule has 154 valence electrons. The summed E-state index contributed by atoms with van der Waals surface area (Å²) < 4.78 is 6.09. The molecular formula is C22H20ClN3O4. The normalized spacial score (nSPS) is 22.6. The Morgan fingerprint density at radius 3 is 2.80 bits per heavy atom. The molecule has 1 aromatic heterocycles. The summed E-state index contributed by atoms with van der Waals surface area (Å²) >= 11 is 5.93. The Balaban J connectivity index is 1.66. The molecule has 2 atom stereocenters. The zero-order valence-corrected chi connectivity index (χ0v) is 17.3. The van der Waals surface area contributed by atoms with Crippen LogP contribution in [0.4, 0.5) is 5.69 Å². The van der Waals surface area contributed by atoms with Gasteiger partial charge in [0.05, 0.1) is 10.6 Å². The average molecular weight is 426 g/mol. The van der Waals surface area contributed by atoms with Gasteiger partial charge in [-0.3, -0.25) is 14.9 Å². The van der Waals surface area contributed by atoms with Gasteiger partial charge in [0.25, 0.3) is 5.91 Å². The number of para-hydroxylation sites is 1. The first-order valence-corrected chi connectivity index (χ1v) is 10.3. The van der Waals surface area contributed by atoms with Gasteiger partial charge in [-0.05, 0) is 36.1 Å². The van der Waals surface area contributed by atoms with Crippen LogP contribution in [0.1, 0.15) is 25.1 Å². The number of aromatic nitrogens is 1. The second-order valence-electron chi connectivity index (χ2n) is 8.11. The van der Waals surface area contributed by atoms with E-state index in [2.05, 4.69) is 11.1 Å². The van der Waals surface area contributed by atoms with E-state index < -0.39 is 16.6 Å². The molecule has 7 nitrogen and oxygen atoms in total. The lowest BCUT2D eigenvalue weighted by atomic mass is 9.66. The van der Waals surface area contributed by atoms with Crippen LogP contribution in [-0.4, -0.2) is 33.4 Å². The number of amides is 1. The topological polar surface area (TPSA) is 88.5 Å². The Hall–Kier alpha value is -3.06. The van der Waals surface area contributed by atoms with Crippen LogP contribution in [0.2, 0.25) is 5.02 Å². The summed E-state index contributed by atoms with van der Waals surface area (Å²) in [5, 5.41) is 12.9. The number of nitrogens with one attached hydrogen (secondary N) is 1. The summed E-state index contributed by atoms with van der Waals surface area (Å²) in [6.45, 7) is 4.69. The predicted molar refractivity (Wildman–Crippen MR) is 113 cm³/mol. The lowest BCUT2D eigenvalue weighted by molar-refractivity contribution is -0.386. The molecular weight excluding hydrogens is 406 g/mol. The van der Waals surface area contributed by atoms with E-state index in [0.29, 0.717) is 6.54 Å². The number of carbonyl (C=O) groups is 1. The molecule has 0 bridgehead atoms.